The molecule has 3 rings (SSSR count). The minimum Gasteiger partial charge on any atom is -0.497 e. The lowest BCUT2D eigenvalue weighted by molar-refractivity contribution is 0.414. The maximum absolute atomic E-state index is 5.18. The molecule has 1 aromatic heterocycles. The predicted molar refractivity (Wildman–Crippen MR) is 94.1 cm³/mol. The number of anilines is 1. The summed E-state index contributed by atoms with van der Waals surface area (Å²) in [7, 11) is 1.68. The van der Waals surface area contributed by atoms with Gasteiger partial charge in [-0.1, -0.05) is 12.1 Å². The fourth-order valence-electron chi connectivity index (χ4n) is 2.51. The van der Waals surface area contributed by atoms with Crippen LogP contribution in [-0.2, 0) is 6.54 Å². The predicted octanol–water partition coefficient (Wildman–Crippen LogP) is 4.18. The molecule has 0 saturated heterocycles. The number of methoxy groups -OCH3 is 1. The third kappa shape index (κ3) is 3.26. The van der Waals surface area contributed by atoms with Crippen LogP contribution in [0.15, 0.2) is 36.4 Å². The maximum Gasteiger partial charge on any atom is 0.118 e. The van der Waals surface area contributed by atoms with Crippen molar-refractivity contribution in [3.8, 4) is 5.75 Å². The first kappa shape index (κ1) is 15.3. The molecule has 0 bridgehead atoms. The molecular weight excluding hydrogens is 286 g/mol. The van der Waals surface area contributed by atoms with Gasteiger partial charge < -0.3 is 10.1 Å². The molecule has 0 aliphatic carbocycles. The zero-order chi connectivity index (χ0) is 16.4. The Morgan fingerprint density at radius 1 is 0.913 bits per heavy atom. The standard InChI is InChI=1S/C19H21N3O/c1-12-9-18-19(22-14(3)13(2)21-18)10-17(12)20-11-15-5-7-16(23-4)8-6-15/h5-10,20H,11H2,1-4H3. The van der Waals surface area contributed by atoms with Gasteiger partial charge in [0.05, 0.1) is 29.5 Å². The number of benzene rings is 2. The number of aryl methyl sites for hydroxylation is 3. The monoisotopic (exact) mass is 307 g/mol. The summed E-state index contributed by atoms with van der Waals surface area (Å²) in [6, 6.07) is 12.2. The van der Waals surface area contributed by atoms with Crippen LogP contribution in [0, 0.1) is 20.8 Å². The van der Waals surface area contributed by atoms with Gasteiger partial charge in [0.15, 0.2) is 0 Å². The summed E-state index contributed by atoms with van der Waals surface area (Å²) in [4.78, 5) is 9.25. The first-order chi connectivity index (χ1) is 11.1. The molecular formula is C19H21N3O. The minimum absolute atomic E-state index is 0.759. The largest absolute Gasteiger partial charge is 0.497 e. The molecule has 3 aromatic rings. The van der Waals surface area contributed by atoms with Gasteiger partial charge in [-0.3, -0.25) is 0 Å². The van der Waals surface area contributed by atoms with Crippen LogP contribution >= 0.6 is 0 Å². The van der Waals surface area contributed by atoms with Gasteiger partial charge in [0.25, 0.3) is 0 Å². The lowest BCUT2D eigenvalue weighted by Crippen LogP contribution is -2.02. The molecule has 0 saturated carbocycles. The number of hydrogen-bond acceptors (Lipinski definition) is 4. The van der Waals surface area contributed by atoms with Gasteiger partial charge >= 0.3 is 0 Å². The van der Waals surface area contributed by atoms with E-state index in [1.165, 1.54) is 11.1 Å². The van der Waals surface area contributed by atoms with Gasteiger partial charge in [0, 0.05) is 12.2 Å². The van der Waals surface area contributed by atoms with Gasteiger partial charge in [-0.05, 0) is 56.2 Å². The Labute approximate surface area is 136 Å². The summed E-state index contributed by atoms with van der Waals surface area (Å²) >= 11 is 0. The van der Waals surface area contributed by atoms with Crippen LogP contribution in [0.1, 0.15) is 22.5 Å². The summed E-state index contributed by atoms with van der Waals surface area (Å²) in [5.74, 6) is 0.872. The van der Waals surface area contributed by atoms with Crippen LogP contribution in [-0.4, -0.2) is 17.1 Å². The third-order valence-corrected chi connectivity index (χ3v) is 4.06. The molecule has 4 nitrogen and oxygen atoms in total. The zero-order valence-corrected chi connectivity index (χ0v) is 14.0. The van der Waals surface area contributed by atoms with Crippen molar-refractivity contribution in [2.24, 2.45) is 0 Å². The molecule has 0 spiro atoms. The molecule has 4 heteroatoms. The van der Waals surface area contributed by atoms with E-state index in [-0.39, 0.29) is 0 Å². The van der Waals surface area contributed by atoms with Crippen molar-refractivity contribution in [2.45, 2.75) is 27.3 Å². The molecule has 0 amide bonds. The first-order valence-corrected chi connectivity index (χ1v) is 7.69. The van der Waals surface area contributed by atoms with Crippen molar-refractivity contribution >= 4 is 16.7 Å². The van der Waals surface area contributed by atoms with Gasteiger partial charge in [-0.25, -0.2) is 9.97 Å². The number of nitrogens with one attached hydrogen (secondary N) is 1. The molecule has 0 aliphatic rings. The second kappa shape index (κ2) is 6.24. The van der Waals surface area contributed by atoms with Crippen molar-refractivity contribution in [3.63, 3.8) is 0 Å². The van der Waals surface area contributed by atoms with E-state index in [1.54, 1.807) is 7.11 Å². The van der Waals surface area contributed by atoms with E-state index in [2.05, 4.69) is 46.5 Å². The highest BCUT2D eigenvalue weighted by molar-refractivity contribution is 5.81. The van der Waals surface area contributed by atoms with Crippen LogP contribution in [0.25, 0.3) is 11.0 Å². The Kier molecular flexibility index (Phi) is 4.15. The maximum atomic E-state index is 5.18. The Bertz CT molecular complexity index is 841. The molecule has 118 valence electrons. The average Bonchev–Trinajstić information content (AvgIpc) is 2.55. The van der Waals surface area contributed by atoms with Crippen molar-refractivity contribution in [1.82, 2.24) is 9.97 Å². The lowest BCUT2D eigenvalue weighted by atomic mass is 10.1. The topological polar surface area (TPSA) is 47.0 Å². The zero-order valence-electron chi connectivity index (χ0n) is 14.0. The second-order valence-corrected chi connectivity index (χ2v) is 5.75. The van der Waals surface area contributed by atoms with Crippen molar-refractivity contribution in [3.05, 3.63) is 58.9 Å². The van der Waals surface area contributed by atoms with Crippen molar-refractivity contribution in [1.29, 1.82) is 0 Å². The van der Waals surface area contributed by atoms with Crippen molar-refractivity contribution in [2.75, 3.05) is 12.4 Å². The molecule has 0 radical (unpaired) electrons. The van der Waals surface area contributed by atoms with E-state index in [9.17, 15) is 0 Å². The Morgan fingerprint density at radius 2 is 1.52 bits per heavy atom. The highest BCUT2D eigenvalue weighted by atomic mass is 16.5. The normalized spacial score (nSPS) is 10.8. The molecule has 23 heavy (non-hydrogen) atoms. The van der Waals surface area contributed by atoms with Crippen LogP contribution in [0.5, 0.6) is 5.75 Å². The number of ether oxygens (including phenoxy) is 1. The first-order valence-electron chi connectivity index (χ1n) is 7.69. The Balaban J connectivity index is 1.84. The van der Waals surface area contributed by atoms with E-state index in [1.807, 2.05) is 26.0 Å². The molecule has 1 heterocycles. The van der Waals surface area contributed by atoms with E-state index < -0.39 is 0 Å². The van der Waals surface area contributed by atoms with Gasteiger partial charge in [0.1, 0.15) is 5.75 Å². The number of nitrogens with zero attached hydrogens (tertiary/aromatic N) is 2. The van der Waals surface area contributed by atoms with E-state index in [0.717, 1.165) is 40.4 Å². The third-order valence-electron chi connectivity index (χ3n) is 4.06. The average molecular weight is 307 g/mol. The molecule has 2 aromatic carbocycles. The Hall–Kier alpha value is -2.62. The fourth-order valence-corrected chi connectivity index (χ4v) is 2.51. The molecule has 0 aliphatic heterocycles. The number of hydrogen-bond donors (Lipinski definition) is 1. The number of rotatable bonds is 4. The van der Waals surface area contributed by atoms with E-state index >= 15 is 0 Å². The quantitative estimate of drug-likeness (QED) is 0.785. The summed E-state index contributed by atoms with van der Waals surface area (Å²) in [5, 5.41) is 3.48. The van der Waals surface area contributed by atoms with Gasteiger partial charge in [-0.15, -0.1) is 0 Å². The molecule has 1 N–H and O–H groups in total. The number of fused-ring (bicyclic) bond motifs is 1. The SMILES string of the molecule is COc1ccc(CNc2cc3nc(C)c(C)nc3cc2C)cc1. The van der Waals surface area contributed by atoms with Crippen LogP contribution in [0.3, 0.4) is 0 Å². The summed E-state index contributed by atoms with van der Waals surface area (Å²) < 4.78 is 5.18. The highest BCUT2D eigenvalue weighted by Crippen LogP contribution is 2.23. The molecule has 0 unspecified atom stereocenters. The molecule has 0 fully saturated rings. The van der Waals surface area contributed by atoms with E-state index in [0.29, 0.717) is 0 Å². The lowest BCUT2D eigenvalue weighted by Gasteiger charge is -2.12. The van der Waals surface area contributed by atoms with Crippen LogP contribution < -0.4 is 10.1 Å². The smallest absolute Gasteiger partial charge is 0.118 e. The van der Waals surface area contributed by atoms with Crippen LogP contribution in [0.4, 0.5) is 5.69 Å². The number of aromatic nitrogens is 2. The summed E-state index contributed by atoms with van der Waals surface area (Å²) in [5.41, 5.74) is 7.29. The fraction of sp³-hybridized carbons (Fsp3) is 0.263. The van der Waals surface area contributed by atoms with Gasteiger partial charge in [0.2, 0.25) is 0 Å². The second-order valence-electron chi connectivity index (χ2n) is 5.75. The summed E-state index contributed by atoms with van der Waals surface area (Å²) in [6.45, 7) is 6.83. The van der Waals surface area contributed by atoms with Crippen molar-refractivity contribution < 1.29 is 4.74 Å². The van der Waals surface area contributed by atoms with E-state index in [4.69, 9.17) is 4.74 Å². The minimum atomic E-state index is 0.759. The summed E-state index contributed by atoms with van der Waals surface area (Å²) in [6.07, 6.45) is 0. The van der Waals surface area contributed by atoms with Gasteiger partial charge in [-0.2, -0.15) is 0 Å². The highest BCUT2D eigenvalue weighted by Gasteiger charge is 2.06. The van der Waals surface area contributed by atoms with Crippen LogP contribution in [0.2, 0.25) is 0 Å². The molecule has 0 atom stereocenters. The Morgan fingerprint density at radius 3 is 2.13 bits per heavy atom.